The predicted octanol–water partition coefficient (Wildman–Crippen LogP) is 2.73. The molecule has 5 rings (SSSR count). The molecule has 3 heterocycles. The van der Waals surface area contributed by atoms with Crippen LogP contribution < -0.4 is 10.9 Å². The molecular weight excluding hydrogens is 397 g/mol. The fourth-order valence-electron chi connectivity index (χ4n) is 4.98. The second kappa shape index (κ2) is 7.92. The first-order valence-corrected chi connectivity index (χ1v) is 10.9. The fraction of sp³-hybridized carbons (Fsp3) is 0.435. The van der Waals surface area contributed by atoms with Crippen molar-refractivity contribution < 1.29 is 9.18 Å². The quantitative estimate of drug-likeness (QED) is 0.679. The topological polar surface area (TPSA) is 83.0 Å². The predicted molar refractivity (Wildman–Crippen MR) is 115 cm³/mol. The number of rotatable bonds is 3. The molecule has 2 aromatic heterocycles. The van der Waals surface area contributed by atoms with Crippen LogP contribution in [0.5, 0.6) is 0 Å². The van der Waals surface area contributed by atoms with E-state index in [9.17, 15) is 14.0 Å². The Morgan fingerprint density at radius 2 is 2.13 bits per heavy atom. The molecule has 8 heteroatoms. The minimum Gasteiger partial charge on any atom is -0.350 e. The molecule has 0 unspecified atom stereocenters. The molecular formula is C23H26FN5O2. The van der Waals surface area contributed by atoms with E-state index in [1.54, 1.807) is 22.9 Å². The summed E-state index contributed by atoms with van der Waals surface area (Å²) in [5.74, 6) is 0.282. The maximum atomic E-state index is 14.1. The highest BCUT2D eigenvalue weighted by molar-refractivity contribution is 5.99. The van der Waals surface area contributed by atoms with E-state index < -0.39 is 0 Å². The molecule has 0 saturated heterocycles. The number of benzene rings is 1. The lowest BCUT2D eigenvalue weighted by atomic mass is 9.89. The van der Waals surface area contributed by atoms with E-state index in [0.717, 1.165) is 43.6 Å². The van der Waals surface area contributed by atoms with Gasteiger partial charge in [-0.05, 0) is 50.3 Å². The van der Waals surface area contributed by atoms with E-state index in [2.05, 4.69) is 20.2 Å². The number of H-pyrrole nitrogens is 1. The first-order chi connectivity index (χ1) is 15.0. The third kappa shape index (κ3) is 3.76. The highest BCUT2D eigenvalue weighted by Crippen LogP contribution is 2.27. The van der Waals surface area contributed by atoms with Crippen molar-refractivity contribution in [2.75, 3.05) is 6.54 Å². The SMILES string of the molecule is Cc1ccc(F)c2cc(C(=O)N[C@@H]3CCC[C@@H](N4CCn5c(nccc5=O)C4)C3)[nH]c12. The molecule has 2 atom stereocenters. The molecule has 2 N–H and O–H groups in total. The molecule has 7 nitrogen and oxygen atoms in total. The van der Waals surface area contributed by atoms with Gasteiger partial charge in [-0.25, -0.2) is 9.37 Å². The van der Waals surface area contributed by atoms with E-state index in [1.807, 2.05) is 6.92 Å². The van der Waals surface area contributed by atoms with Crippen LogP contribution in [0.2, 0.25) is 0 Å². The van der Waals surface area contributed by atoms with Gasteiger partial charge >= 0.3 is 0 Å². The number of carbonyl (C=O) groups is 1. The van der Waals surface area contributed by atoms with E-state index in [1.165, 1.54) is 12.1 Å². The highest BCUT2D eigenvalue weighted by Gasteiger charge is 2.30. The van der Waals surface area contributed by atoms with Crippen LogP contribution in [0.1, 0.15) is 47.6 Å². The average molecular weight is 423 g/mol. The summed E-state index contributed by atoms with van der Waals surface area (Å²) in [6.07, 6.45) is 5.46. The summed E-state index contributed by atoms with van der Waals surface area (Å²) in [4.78, 5) is 34.7. The Bertz CT molecular complexity index is 1160. The van der Waals surface area contributed by atoms with Crippen molar-refractivity contribution in [1.29, 1.82) is 0 Å². The van der Waals surface area contributed by atoms with E-state index in [0.29, 0.717) is 35.7 Å². The minimum absolute atomic E-state index is 0.00319. The Morgan fingerprint density at radius 1 is 1.26 bits per heavy atom. The van der Waals surface area contributed by atoms with Crippen LogP contribution in [0, 0.1) is 12.7 Å². The maximum absolute atomic E-state index is 14.1. The van der Waals surface area contributed by atoms with Gasteiger partial charge in [-0.3, -0.25) is 19.1 Å². The van der Waals surface area contributed by atoms with Crippen molar-refractivity contribution in [1.82, 2.24) is 24.8 Å². The lowest BCUT2D eigenvalue weighted by molar-refractivity contribution is 0.0845. The fourth-order valence-corrected chi connectivity index (χ4v) is 4.98. The molecule has 162 valence electrons. The van der Waals surface area contributed by atoms with Gasteiger partial charge in [-0.1, -0.05) is 6.07 Å². The molecule has 1 saturated carbocycles. The summed E-state index contributed by atoms with van der Waals surface area (Å²) >= 11 is 0. The summed E-state index contributed by atoms with van der Waals surface area (Å²) in [5, 5.41) is 3.59. The highest BCUT2D eigenvalue weighted by atomic mass is 19.1. The largest absolute Gasteiger partial charge is 0.350 e. The number of halogens is 1. The molecule has 1 aromatic carbocycles. The van der Waals surface area contributed by atoms with Gasteiger partial charge in [0.25, 0.3) is 11.5 Å². The van der Waals surface area contributed by atoms with Crippen LogP contribution in [0.4, 0.5) is 4.39 Å². The molecule has 0 spiro atoms. The van der Waals surface area contributed by atoms with Crippen molar-refractivity contribution in [3.8, 4) is 0 Å². The van der Waals surface area contributed by atoms with Crippen LogP contribution in [0.25, 0.3) is 10.9 Å². The maximum Gasteiger partial charge on any atom is 0.267 e. The van der Waals surface area contributed by atoms with Crippen molar-refractivity contribution >= 4 is 16.8 Å². The molecule has 1 aliphatic heterocycles. The Morgan fingerprint density at radius 3 is 2.97 bits per heavy atom. The van der Waals surface area contributed by atoms with E-state index >= 15 is 0 Å². The first-order valence-electron chi connectivity index (χ1n) is 10.9. The minimum atomic E-state index is -0.327. The van der Waals surface area contributed by atoms with Crippen LogP contribution in [-0.4, -0.2) is 44.0 Å². The summed E-state index contributed by atoms with van der Waals surface area (Å²) in [7, 11) is 0. The number of aromatic amines is 1. The standard InChI is InChI=1S/C23H26FN5O2/c1-14-5-6-18(24)17-12-19(27-22(14)17)23(31)26-15-3-2-4-16(11-15)28-9-10-29-20(13-28)25-8-7-21(29)30/h5-8,12,15-16,27H,2-4,9-11,13H2,1H3,(H,26,31)/t15-,16-/m1/s1. The summed E-state index contributed by atoms with van der Waals surface area (Å²) < 4.78 is 15.9. The van der Waals surface area contributed by atoms with Crippen molar-refractivity contribution in [2.24, 2.45) is 0 Å². The number of carbonyl (C=O) groups excluding carboxylic acids is 1. The summed E-state index contributed by atoms with van der Waals surface area (Å²) in [6, 6.07) is 6.64. The summed E-state index contributed by atoms with van der Waals surface area (Å²) in [6.45, 7) is 4.01. The molecule has 0 radical (unpaired) electrons. The van der Waals surface area contributed by atoms with Crippen molar-refractivity contribution in [3.63, 3.8) is 0 Å². The van der Waals surface area contributed by atoms with Gasteiger partial charge in [0.1, 0.15) is 17.3 Å². The Balaban J connectivity index is 1.27. The molecule has 1 aliphatic carbocycles. The number of amides is 1. The van der Waals surface area contributed by atoms with Gasteiger partial charge in [-0.2, -0.15) is 0 Å². The third-order valence-corrected chi connectivity index (χ3v) is 6.67. The molecule has 0 bridgehead atoms. The molecule has 1 amide bonds. The molecule has 1 fully saturated rings. The number of hydrogen-bond donors (Lipinski definition) is 2. The molecule has 2 aliphatic rings. The molecule has 31 heavy (non-hydrogen) atoms. The van der Waals surface area contributed by atoms with Crippen LogP contribution in [0.3, 0.4) is 0 Å². The lowest BCUT2D eigenvalue weighted by Gasteiger charge is -2.39. The van der Waals surface area contributed by atoms with Crippen molar-refractivity contribution in [2.45, 2.75) is 57.8 Å². The smallest absolute Gasteiger partial charge is 0.267 e. The third-order valence-electron chi connectivity index (χ3n) is 6.67. The monoisotopic (exact) mass is 423 g/mol. The Labute approximate surface area is 179 Å². The zero-order valence-electron chi connectivity index (χ0n) is 17.5. The van der Waals surface area contributed by atoms with Gasteiger partial charge < -0.3 is 10.3 Å². The number of nitrogens with zero attached hydrogens (tertiary/aromatic N) is 3. The molecule has 3 aromatic rings. The normalized spacial score (nSPS) is 21.7. The van der Waals surface area contributed by atoms with Crippen LogP contribution in [-0.2, 0) is 13.1 Å². The van der Waals surface area contributed by atoms with E-state index in [4.69, 9.17) is 0 Å². The van der Waals surface area contributed by atoms with Gasteiger partial charge in [0.05, 0.1) is 12.1 Å². The number of hydrogen-bond acceptors (Lipinski definition) is 4. The second-order valence-corrected chi connectivity index (χ2v) is 8.65. The van der Waals surface area contributed by atoms with Crippen LogP contribution >= 0.6 is 0 Å². The Kier molecular flexibility index (Phi) is 5.09. The van der Waals surface area contributed by atoms with Gasteiger partial charge in [-0.15, -0.1) is 0 Å². The number of aryl methyl sites for hydroxylation is 1. The first kappa shape index (κ1) is 19.9. The van der Waals surface area contributed by atoms with Gasteiger partial charge in [0.15, 0.2) is 0 Å². The number of fused-ring (bicyclic) bond motifs is 2. The zero-order chi connectivity index (χ0) is 21.5. The average Bonchev–Trinajstić information content (AvgIpc) is 3.24. The van der Waals surface area contributed by atoms with Gasteiger partial charge in [0, 0.05) is 42.8 Å². The zero-order valence-corrected chi connectivity index (χ0v) is 17.5. The second-order valence-electron chi connectivity index (χ2n) is 8.65. The number of aromatic nitrogens is 3. The summed E-state index contributed by atoms with van der Waals surface area (Å²) in [5.41, 5.74) is 1.97. The van der Waals surface area contributed by atoms with E-state index in [-0.39, 0.29) is 23.3 Å². The Hall–Kier alpha value is -3.00. The number of nitrogens with one attached hydrogen (secondary N) is 2. The lowest BCUT2D eigenvalue weighted by Crippen LogP contribution is -2.49. The van der Waals surface area contributed by atoms with Crippen molar-refractivity contribution in [3.05, 3.63) is 63.7 Å². The van der Waals surface area contributed by atoms with Crippen LogP contribution in [0.15, 0.2) is 35.3 Å². The van der Waals surface area contributed by atoms with Gasteiger partial charge in [0.2, 0.25) is 0 Å².